The van der Waals surface area contributed by atoms with Crippen LogP contribution in [0.4, 0.5) is 5.88 Å². The predicted octanol–water partition coefficient (Wildman–Crippen LogP) is 4.53. The first-order chi connectivity index (χ1) is 15.7. The van der Waals surface area contributed by atoms with E-state index in [1.807, 2.05) is 45.5 Å². The molecule has 1 aromatic carbocycles. The maximum absolute atomic E-state index is 12.9. The first-order valence-electron chi connectivity index (χ1n) is 10.6. The molecule has 2 aromatic heterocycles. The van der Waals surface area contributed by atoms with Crippen molar-refractivity contribution < 1.29 is 13.9 Å². The monoisotopic (exact) mass is 448 g/mol. The summed E-state index contributed by atoms with van der Waals surface area (Å²) in [4.78, 5) is 22.0. The average Bonchev–Trinajstić information content (AvgIpc) is 3.51. The number of amides is 1. The molecule has 0 atom stereocenters. The number of anilines is 1. The number of piperazine rings is 1. The fourth-order valence-electron chi connectivity index (χ4n) is 3.44. The molecule has 1 aliphatic rings. The van der Waals surface area contributed by atoms with E-state index in [9.17, 15) is 10.1 Å². The van der Waals surface area contributed by atoms with Crippen LogP contribution in [0.1, 0.15) is 40.2 Å². The van der Waals surface area contributed by atoms with Crippen molar-refractivity contribution in [2.45, 2.75) is 13.3 Å². The van der Waals surface area contributed by atoms with Crippen molar-refractivity contribution in [1.82, 2.24) is 9.88 Å². The largest absolute Gasteiger partial charge is 0.494 e. The quantitative estimate of drug-likeness (QED) is 0.528. The average molecular weight is 449 g/mol. The number of thiophene rings is 1. The zero-order valence-electron chi connectivity index (χ0n) is 17.9. The van der Waals surface area contributed by atoms with Gasteiger partial charge in [0.15, 0.2) is 0 Å². The van der Waals surface area contributed by atoms with Crippen LogP contribution >= 0.6 is 11.3 Å². The van der Waals surface area contributed by atoms with Gasteiger partial charge in [0.1, 0.15) is 11.8 Å². The minimum atomic E-state index is -0.00987. The molecule has 0 radical (unpaired) electrons. The number of nitriles is 1. The highest BCUT2D eigenvalue weighted by atomic mass is 32.1. The fourth-order valence-corrected chi connectivity index (χ4v) is 4.05. The zero-order valence-corrected chi connectivity index (χ0v) is 18.7. The van der Waals surface area contributed by atoms with Crippen LogP contribution < -0.4 is 9.64 Å². The molecule has 1 amide bonds. The SMILES string of the molecule is CCCOc1ccc(C(=O)N2CCN(c3oc(/C=C/c4cccs4)nc3C#N)CC2)cc1. The first kappa shape index (κ1) is 21.7. The minimum Gasteiger partial charge on any atom is -0.494 e. The Morgan fingerprint density at radius 1 is 1.22 bits per heavy atom. The van der Waals surface area contributed by atoms with Gasteiger partial charge in [-0.1, -0.05) is 13.0 Å². The standard InChI is InChI=1S/C24H24N4O3S/c1-2-15-30-19-7-5-18(6-8-19)23(29)27-11-13-28(14-12-27)24-21(17-25)26-22(31-24)10-9-20-4-3-16-32-20/h3-10,16H,2,11-15H2,1H3/b10-9+. The van der Waals surface area contributed by atoms with Crippen molar-refractivity contribution in [1.29, 1.82) is 5.26 Å². The molecule has 0 spiro atoms. The van der Waals surface area contributed by atoms with Crippen molar-refractivity contribution in [2.75, 3.05) is 37.7 Å². The molecule has 3 aromatic rings. The molecule has 32 heavy (non-hydrogen) atoms. The van der Waals surface area contributed by atoms with E-state index in [1.54, 1.807) is 29.5 Å². The lowest BCUT2D eigenvalue weighted by Crippen LogP contribution is -2.48. The van der Waals surface area contributed by atoms with Gasteiger partial charge in [0.25, 0.3) is 5.91 Å². The fraction of sp³-hybridized carbons (Fsp3) is 0.292. The number of oxazole rings is 1. The van der Waals surface area contributed by atoms with Gasteiger partial charge in [-0.2, -0.15) is 10.2 Å². The number of ether oxygens (including phenoxy) is 1. The van der Waals surface area contributed by atoms with Gasteiger partial charge >= 0.3 is 0 Å². The number of hydrogen-bond donors (Lipinski definition) is 0. The Labute approximate surface area is 191 Å². The highest BCUT2D eigenvalue weighted by Gasteiger charge is 2.26. The summed E-state index contributed by atoms with van der Waals surface area (Å²) >= 11 is 1.62. The zero-order chi connectivity index (χ0) is 22.3. The Bertz CT molecular complexity index is 1110. The summed E-state index contributed by atoms with van der Waals surface area (Å²) in [7, 11) is 0. The molecule has 164 valence electrons. The van der Waals surface area contributed by atoms with Crippen LogP contribution in [-0.4, -0.2) is 48.6 Å². The second kappa shape index (κ2) is 10.2. The first-order valence-corrected chi connectivity index (χ1v) is 11.5. The van der Waals surface area contributed by atoms with E-state index >= 15 is 0 Å². The van der Waals surface area contributed by atoms with E-state index in [-0.39, 0.29) is 11.6 Å². The van der Waals surface area contributed by atoms with Crippen molar-refractivity contribution in [3.63, 3.8) is 0 Å². The summed E-state index contributed by atoms with van der Waals surface area (Å²) in [5.41, 5.74) is 0.902. The van der Waals surface area contributed by atoms with Crippen molar-refractivity contribution in [3.05, 3.63) is 63.8 Å². The molecule has 0 N–H and O–H groups in total. The molecule has 8 heteroatoms. The van der Waals surface area contributed by atoms with E-state index in [2.05, 4.69) is 18.0 Å². The summed E-state index contributed by atoms with van der Waals surface area (Å²) in [6, 6.07) is 13.4. The molecule has 0 saturated carbocycles. The number of aromatic nitrogens is 1. The number of hydrogen-bond acceptors (Lipinski definition) is 7. The lowest BCUT2D eigenvalue weighted by molar-refractivity contribution is 0.0745. The predicted molar refractivity (Wildman–Crippen MR) is 125 cm³/mol. The van der Waals surface area contributed by atoms with Gasteiger partial charge in [-0.05, 0) is 48.2 Å². The van der Waals surface area contributed by atoms with E-state index in [0.717, 1.165) is 17.0 Å². The Morgan fingerprint density at radius 2 is 2.00 bits per heavy atom. The van der Waals surface area contributed by atoms with Crippen LogP contribution in [0.15, 0.2) is 46.2 Å². The normalized spacial score (nSPS) is 14.0. The Kier molecular flexibility index (Phi) is 6.87. The van der Waals surface area contributed by atoms with Crippen LogP contribution in [0.25, 0.3) is 12.2 Å². The summed E-state index contributed by atoms with van der Waals surface area (Å²) < 4.78 is 11.4. The molecule has 3 heterocycles. The van der Waals surface area contributed by atoms with Crippen LogP contribution in [0.5, 0.6) is 5.75 Å². The molecule has 1 fully saturated rings. The van der Waals surface area contributed by atoms with Gasteiger partial charge in [-0.3, -0.25) is 4.79 Å². The molecule has 0 aliphatic carbocycles. The number of carbonyl (C=O) groups is 1. The van der Waals surface area contributed by atoms with Crippen LogP contribution in [-0.2, 0) is 0 Å². The second-order valence-electron chi connectivity index (χ2n) is 7.32. The third-order valence-corrected chi connectivity index (χ3v) is 5.93. The van der Waals surface area contributed by atoms with Crippen molar-refractivity contribution >= 4 is 35.3 Å². The molecule has 7 nitrogen and oxygen atoms in total. The minimum absolute atomic E-state index is 0.00987. The van der Waals surface area contributed by atoms with Crippen molar-refractivity contribution in [2.24, 2.45) is 0 Å². The summed E-state index contributed by atoms with van der Waals surface area (Å²) in [6.45, 7) is 4.94. The van der Waals surface area contributed by atoms with Gasteiger partial charge in [0, 0.05) is 42.7 Å². The summed E-state index contributed by atoms with van der Waals surface area (Å²) in [5.74, 6) is 1.62. The van der Waals surface area contributed by atoms with E-state index < -0.39 is 0 Å². The second-order valence-corrected chi connectivity index (χ2v) is 8.30. The van der Waals surface area contributed by atoms with Crippen LogP contribution in [0.2, 0.25) is 0 Å². The highest BCUT2D eigenvalue weighted by molar-refractivity contribution is 7.10. The molecule has 4 rings (SSSR count). The summed E-state index contributed by atoms with van der Waals surface area (Å²) in [6.07, 6.45) is 4.62. The van der Waals surface area contributed by atoms with Gasteiger partial charge in [0.05, 0.1) is 6.61 Å². The third kappa shape index (κ3) is 5.01. The number of benzene rings is 1. The lowest BCUT2D eigenvalue weighted by Gasteiger charge is -2.34. The lowest BCUT2D eigenvalue weighted by atomic mass is 10.1. The maximum atomic E-state index is 12.9. The van der Waals surface area contributed by atoms with Crippen LogP contribution in [0, 0.1) is 11.3 Å². The Hall–Kier alpha value is -3.57. The molecule has 1 saturated heterocycles. The molecule has 1 aliphatic heterocycles. The third-order valence-electron chi connectivity index (χ3n) is 5.09. The smallest absolute Gasteiger partial charge is 0.253 e. The molecular formula is C24H24N4O3S. The van der Waals surface area contributed by atoms with Gasteiger partial charge in [-0.25, -0.2) is 0 Å². The number of rotatable bonds is 7. The van der Waals surface area contributed by atoms with Crippen LogP contribution in [0.3, 0.4) is 0 Å². The van der Waals surface area contributed by atoms with E-state index in [0.29, 0.717) is 50.1 Å². The van der Waals surface area contributed by atoms with E-state index in [4.69, 9.17) is 9.15 Å². The van der Waals surface area contributed by atoms with Gasteiger partial charge in [-0.15, -0.1) is 11.3 Å². The highest BCUT2D eigenvalue weighted by Crippen LogP contribution is 2.25. The molecule has 0 bridgehead atoms. The van der Waals surface area contributed by atoms with E-state index in [1.165, 1.54) is 0 Å². The maximum Gasteiger partial charge on any atom is 0.253 e. The van der Waals surface area contributed by atoms with Gasteiger partial charge < -0.3 is 19.0 Å². The molecular weight excluding hydrogens is 424 g/mol. The van der Waals surface area contributed by atoms with Gasteiger partial charge in [0.2, 0.25) is 17.5 Å². The Morgan fingerprint density at radius 3 is 2.66 bits per heavy atom. The topological polar surface area (TPSA) is 82.6 Å². The number of nitrogens with zero attached hydrogens (tertiary/aromatic N) is 4. The van der Waals surface area contributed by atoms with Crippen molar-refractivity contribution in [3.8, 4) is 11.8 Å². The molecule has 0 unspecified atom stereocenters. The summed E-state index contributed by atoms with van der Waals surface area (Å²) in [5, 5.41) is 11.5. The Balaban J connectivity index is 1.38. The number of carbonyl (C=O) groups excluding carboxylic acids is 1.